The number of hydrogen-bond donors (Lipinski definition) is 1. The largest absolute Gasteiger partial charge is 0.375 e. The third kappa shape index (κ3) is 4.05. The van der Waals surface area contributed by atoms with Crippen LogP contribution in [-0.2, 0) is 11.3 Å². The van der Waals surface area contributed by atoms with Gasteiger partial charge in [-0.15, -0.1) is 0 Å². The molecule has 1 aliphatic rings. The molecule has 0 radical (unpaired) electrons. The summed E-state index contributed by atoms with van der Waals surface area (Å²) < 4.78 is 7.83. The molecule has 0 bridgehead atoms. The maximum absolute atomic E-state index is 5.85. The van der Waals surface area contributed by atoms with Crippen LogP contribution < -0.4 is 5.73 Å². The summed E-state index contributed by atoms with van der Waals surface area (Å²) in [5.41, 5.74) is 6.86. The van der Waals surface area contributed by atoms with E-state index in [2.05, 4.69) is 18.9 Å². The topological polar surface area (TPSA) is 53.1 Å². The van der Waals surface area contributed by atoms with Gasteiger partial charge in [0.1, 0.15) is 0 Å². The van der Waals surface area contributed by atoms with Crippen molar-refractivity contribution in [1.29, 1.82) is 0 Å². The smallest absolute Gasteiger partial charge is 0.0906 e. The van der Waals surface area contributed by atoms with E-state index in [-0.39, 0.29) is 0 Å². The van der Waals surface area contributed by atoms with Crippen LogP contribution in [0.2, 0.25) is 0 Å². The summed E-state index contributed by atoms with van der Waals surface area (Å²) in [6, 6.07) is 2.45. The molecular weight excluding hydrogens is 238 g/mol. The zero-order valence-corrected chi connectivity index (χ0v) is 12.2. The Labute approximate surface area is 116 Å². The molecule has 1 fully saturated rings. The van der Waals surface area contributed by atoms with Crippen molar-refractivity contribution in [3.8, 4) is 0 Å². The number of rotatable bonds is 6. The van der Waals surface area contributed by atoms with E-state index in [1.807, 2.05) is 16.9 Å². The first-order valence-corrected chi connectivity index (χ1v) is 7.52. The number of ether oxygens (including phenoxy) is 1. The van der Waals surface area contributed by atoms with Crippen LogP contribution in [0.1, 0.15) is 51.3 Å². The SMILES string of the molecule is CC(C)n1ccc(COCC2CCCCC2CN)n1. The first kappa shape index (κ1) is 14.5. The Balaban J connectivity index is 1.75. The molecular formula is C15H27N3O. The van der Waals surface area contributed by atoms with Gasteiger partial charge in [0, 0.05) is 12.2 Å². The van der Waals surface area contributed by atoms with E-state index < -0.39 is 0 Å². The molecule has 2 unspecified atom stereocenters. The lowest BCUT2D eigenvalue weighted by atomic mass is 9.80. The van der Waals surface area contributed by atoms with Gasteiger partial charge in [0.25, 0.3) is 0 Å². The third-order valence-corrected chi connectivity index (χ3v) is 4.14. The van der Waals surface area contributed by atoms with Gasteiger partial charge < -0.3 is 10.5 Å². The van der Waals surface area contributed by atoms with Crippen LogP contribution in [0, 0.1) is 11.8 Å². The van der Waals surface area contributed by atoms with Gasteiger partial charge >= 0.3 is 0 Å². The molecule has 0 aliphatic heterocycles. The molecule has 108 valence electrons. The summed E-state index contributed by atoms with van der Waals surface area (Å²) in [4.78, 5) is 0. The summed E-state index contributed by atoms with van der Waals surface area (Å²) >= 11 is 0. The Morgan fingerprint density at radius 3 is 2.74 bits per heavy atom. The zero-order valence-electron chi connectivity index (χ0n) is 12.2. The average molecular weight is 265 g/mol. The highest BCUT2D eigenvalue weighted by Crippen LogP contribution is 2.29. The highest BCUT2D eigenvalue weighted by molar-refractivity contribution is 4.97. The van der Waals surface area contributed by atoms with E-state index in [1.165, 1.54) is 25.7 Å². The van der Waals surface area contributed by atoms with Crippen LogP contribution in [0.3, 0.4) is 0 Å². The predicted octanol–water partition coefficient (Wildman–Crippen LogP) is 2.75. The van der Waals surface area contributed by atoms with Crippen LogP contribution in [0.5, 0.6) is 0 Å². The second-order valence-electron chi connectivity index (χ2n) is 5.94. The molecule has 1 aromatic rings. The van der Waals surface area contributed by atoms with Crippen LogP contribution in [0.4, 0.5) is 0 Å². The van der Waals surface area contributed by atoms with E-state index in [4.69, 9.17) is 10.5 Å². The van der Waals surface area contributed by atoms with E-state index in [0.29, 0.717) is 24.5 Å². The van der Waals surface area contributed by atoms with Crippen LogP contribution >= 0.6 is 0 Å². The second kappa shape index (κ2) is 7.06. The van der Waals surface area contributed by atoms with Crippen LogP contribution in [0.15, 0.2) is 12.3 Å². The minimum absolute atomic E-state index is 0.411. The predicted molar refractivity (Wildman–Crippen MR) is 76.8 cm³/mol. The normalized spacial score (nSPS) is 24.0. The Kier molecular flexibility index (Phi) is 5.40. The molecule has 2 N–H and O–H groups in total. The van der Waals surface area contributed by atoms with Gasteiger partial charge in [-0.25, -0.2) is 0 Å². The van der Waals surface area contributed by atoms with Crippen molar-refractivity contribution >= 4 is 0 Å². The molecule has 1 aliphatic carbocycles. The minimum Gasteiger partial charge on any atom is -0.375 e. The van der Waals surface area contributed by atoms with Crippen molar-refractivity contribution in [2.24, 2.45) is 17.6 Å². The number of aromatic nitrogens is 2. The third-order valence-electron chi connectivity index (χ3n) is 4.14. The first-order valence-electron chi connectivity index (χ1n) is 7.52. The number of hydrogen-bond acceptors (Lipinski definition) is 3. The molecule has 1 saturated carbocycles. The molecule has 0 spiro atoms. The Bertz CT molecular complexity index is 375. The molecule has 19 heavy (non-hydrogen) atoms. The van der Waals surface area contributed by atoms with E-state index >= 15 is 0 Å². The highest BCUT2D eigenvalue weighted by Gasteiger charge is 2.23. The van der Waals surface area contributed by atoms with E-state index in [9.17, 15) is 0 Å². The fourth-order valence-electron chi connectivity index (χ4n) is 2.87. The van der Waals surface area contributed by atoms with Crippen molar-refractivity contribution in [3.05, 3.63) is 18.0 Å². The molecule has 4 heteroatoms. The fraction of sp³-hybridized carbons (Fsp3) is 0.800. The minimum atomic E-state index is 0.411. The lowest BCUT2D eigenvalue weighted by Crippen LogP contribution is -2.29. The Hall–Kier alpha value is -0.870. The molecule has 4 nitrogen and oxygen atoms in total. The van der Waals surface area contributed by atoms with Gasteiger partial charge in [0.15, 0.2) is 0 Å². The summed E-state index contributed by atoms with van der Waals surface area (Å²) in [6.07, 6.45) is 7.21. The van der Waals surface area contributed by atoms with Gasteiger partial charge in [0.2, 0.25) is 0 Å². The van der Waals surface area contributed by atoms with Gasteiger partial charge in [0.05, 0.1) is 18.9 Å². The quantitative estimate of drug-likeness (QED) is 0.860. The van der Waals surface area contributed by atoms with Gasteiger partial charge in [-0.05, 0) is 51.1 Å². The lowest BCUT2D eigenvalue weighted by molar-refractivity contribution is 0.0494. The zero-order chi connectivity index (χ0) is 13.7. The van der Waals surface area contributed by atoms with Crippen molar-refractivity contribution < 1.29 is 4.74 Å². The Morgan fingerprint density at radius 1 is 1.37 bits per heavy atom. The van der Waals surface area contributed by atoms with Crippen molar-refractivity contribution in [2.75, 3.05) is 13.2 Å². The molecule has 2 atom stereocenters. The summed E-state index contributed by atoms with van der Waals surface area (Å²) in [5.74, 6) is 1.30. The maximum atomic E-state index is 5.85. The summed E-state index contributed by atoms with van der Waals surface area (Å²) in [6.45, 7) is 6.51. The fourth-order valence-corrected chi connectivity index (χ4v) is 2.87. The lowest BCUT2D eigenvalue weighted by Gasteiger charge is -2.30. The second-order valence-corrected chi connectivity index (χ2v) is 5.94. The van der Waals surface area contributed by atoms with Crippen LogP contribution in [-0.4, -0.2) is 22.9 Å². The van der Waals surface area contributed by atoms with Gasteiger partial charge in [-0.3, -0.25) is 4.68 Å². The van der Waals surface area contributed by atoms with Crippen LogP contribution in [0.25, 0.3) is 0 Å². The number of nitrogens with zero attached hydrogens (tertiary/aromatic N) is 2. The summed E-state index contributed by atoms with van der Waals surface area (Å²) in [7, 11) is 0. The van der Waals surface area contributed by atoms with Crippen molar-refractivity contribution in [3.63, 3.8) is 0 Å². The van der Waals surface area contributed by atoms with Crippen molar-refractivity contribution in [2.45, 2.75) is 52.2 Å². The maximum Gasteiger partial charge on any atom is 0.0906 e. The Morgan fingerprint density at radius 2 is 2.11 bits per heavy atom. The van der Waals surface area contributed by atoms with Gasteiger partial charge in [-0.2, -0.15) is 5.10 Å². The van der Waals surface area contributed by atoms with Gasteiger partial charge in [-0.1, -0.05) is 12.8 Å². The molecule has 0 saturated heterocycles. The molecule has 1 heterocycles. The molecule has 1 aromatic heterocycles. The van der Waals surface area contributed by atoms with Crippen molar-refractivity contribution in [1.82, 2.24) is 9.78 Å². The highest BCUT2D eigenvalue weighted by atomic mass is 16.5. The summed E-state index contributed by atoms with van der Waals surface area (Å²) in [5, 5.41) is 4.50. The standard InChI is InChI=1S/C15H27N3O/c1-12(2)18-8-7-15(17-18)11-19-10-14-6-4-3-5-13(14)9-16/h7-8,12-14H,3-6,9-11,16H2,1-2H3. The molecule has 0 amide bonds. The van der Waals surface area contributed by atoms with E-state index in [0.717, 1.165) is 18.8 Å². The molecule has 2 rings (SSSR count). The average Bonchev–Trinajstić information content (AvgIpc) is 2.88. The number of nitrogens with two attached hydrogens (primary N) is 1. The first-order chi connectivity index (χ1) is 9.20. The molecule has 0 aromatic carbocycles. The van der Waals surface area contributed by atoms with E-state index in [1.54, 1.807) is 0 Å². The monoisotopic (exact) mass is 265 g/mol.